The van der Waals surface area contributed by atoms with Gasteiger partial charge in [0, 0.05) is 5.69 Å². The number of para-hydroxylation sites is 2. The van der Waals surface area contributed by atoms with Gasteiger partial charge in [-0.15, -0.1) is 0 Å². The molecule has 0 fully saturated rings. The second-order valence-electron chi connectivity index (χ2n) is 6.29. The lowest BCUT2D eigenvalue weighted by molar-refractivity contribution is -0.122. The van der Waals surface area contributed by atoms with Gasteiger partial charge in [-0.3, -0.25) is 9.10 Å². The number of rotatable bonds is 4. The number of carbonyl (C=O) groups excluding carboxylic acids is 1. The van der Waals surface area contributed by atoms with Crippen LogP contribution in [0.25, 0.3) is 0 Å². The van der Waals surface area contributed by atoms with Crippen LogP contribution in [0.2, 0.25) is 0 Å². The zero-order valence-corrected chi connectivity index (χ0v) is 15.8. The van der Waals surface area contributed by atoms with Crippen LogP contribution in [0.4, 0.5) is 11.4 Å². The Morgan fingerprint density at radius 3 is 2.62 bits per heavy atom. The fourth-order valence-electron chi connectivity index (χ4n) is 2.80. The van der Waals surface area contributed by atoms with Crippen molar-refractivity contribution in [1.29, 1.82) is 0 Å². The van der Waals surface area contributed by atoms with Gasteiger partial charge in [-0.05, 0) is 56.2 Å². The monoisotopic (exact) mass is 374 g/mol. The molecule has 138 valence electrons. The average molecular weight is 374 g/mol. The Bertz CT molecular complexity index is 940. The molecule has 1 N–H and O–H groups in total. The van der Waals surface area contributed by atoms with Crippen LogP contribution in [-0.2, 0) is 14.8 Å². The Morgan fingerprint density at radius 1 is 1.19 bits per heavy atom. The number of nitrogens with zero attached hydrogens (tertiary/aromatic N) is 1. The van der Waals surface area contributed by atoms with E-state index in [-0.39, 0.29) is 18.2 Å². The van der Waals surface area contributed by atoms with Crippen molar-refractivity contribution in [2.75, 3.05) is 21.9 Å². The number of carbonyl (C=O) groups is 1. The third kappa shape index (κ3) is 3.53. The number of hydrogen-bond donors (Lipinski definition) is 1. The molecular weight excluding hydrogens is 352 g/mol. The zero-order chi connectivity index (χ0) is 18.9. The number of benzene rings is 2. The maximum atomic E-state index is 12.7. The Hall–Kier alpha value is -2.54. The van der Waals surface area contributed by atoms with Gasteiger partial charge in [0.05, 0.1) is 18.0 Å². The summed E-state index contributed by atoms with van der Waals surface area (Å²) in [5, 5.41) is 2.82. The molecule has 0 aromatic heterocycles. The molecule has 0 saturated heterocycles. The molecular formula is C19H22N2O4S. The van der Waals surface area contributed by atoms with Gasteiger partial charge in [0.2, 0.25) is 10.0 Å². The van der Waals surface area contributed by atoms with E-state index in [4.69, 9.17) is 4.74 Å². The van der Waals surface area contributed by atoms with Gasteiger partial charge in [0.25, 0.3) is 5.91 Å². The SMILES string of the molecule is CCS(=O)(=O)N1C[C@H](C(=O)Nc2ccc(C)c(C)c2)Oc2ccccc21. The van der Waals surface area contributed by atoms with Crippen LogP contribution >= 0.6 is 0 Å². The first kappa shape index (κ1) is 18.3. The molecule has 0 spiro atoms. The van der Waals surface area contributed by atoms with Crippen LogP contribution in [-0.4, -0.2) is 32.7 Å². The van der Waals surface area contributed by atoms with Crippen molar-refractivity contribution in [3.05, 3.63) is 53.6 Å². The minimum atomic E-state index is -3.51. The molecule has 0 radical (unpaired) electrons. The zero-order valence-electron chi connectivity index (χ0n) is 15.0. The minimum Gasteiger partial charge on any atom is -0.476 e. The number of nitrogens with one attached hydrogen (secondary N) is 1. The van der Waals surface area contributed by atoms with E-state index < -0.39 is 16.1 Å². The fourth-order valence-corrected chi connectivity index (χ4v) is 3.92. The standard InChI is InChI=1S/C19H22N2O4S/c1-4-26(23,24)21-12-18(25-17-8-6-5-7-16(17)21)19(22)20-15-10-9-13(2)14(3)11-15/h5-11,18H,4,12H2,1-3H3,(H,20,22)/t18-/m1/s1. The highest BCUT2D eigenvalue weighted by molar-refractivity contribution is 7.92. The summed E-state index contributed by atoms with van der Waals surface area (Å²) in [6.45, 7) is 5.49. The molecule has 1 aliphatic heterocycles. The van der Waals surface area contributed by atoms with E-state index in [1.165, 1.54) is 4.31 Å². The molecule has 1 aliphatic rings. The smallest absolute Gasteiger partial charge is 0.267 e. The molecule has 3 rings (SSSR count). The third-order valence-electron chi connectivity index (χ3n) is 4.50. The highest BCUT2D eigenvalue weighted by atomic mass is 32.2. The lowest BCUT2D eigenvalue weighted by atomic mass is 10.1. The second-order valence-corrected chi connectivity index (χ2v) is 8.48. The van der Waals surface area contributed by atoms with Crippen molar-refractivity contribution in [2.24, 2.45) is 0 Å². The number of ether oxygens (including phenoxy) is 1. The lowest BCUT2D eigenvalue weighted by Gasteiger charge is -2.34. The first-order chi connectivity index (χ1) is 12.3. The van der Waals surface area contributed by atoms with E-state index in [9.17, 15) is 13.2 Å². The summed E-state index contributed by atoms with van der Waals surface area (Å²) in [7, 11) is -3.51. The van der Waals surface area contributed by atoms with Gasteiger partial charge in [-0.2, -0.15) is 0 Å². The maximum absolute atomic E-state index is 12.7. The van der Waals surface area contributed by atoms with E-state index in [1.807, 2.05) is 32.0 Å². The highest BCUT2D eigenvalue weighted by Gasteiger charge is 2.35. The molecule has 2 aromatic carbocycles. The van der Waals surface area contributed by atoms with E-state index in [0.717, 1.165) is 11.1 Å². The molecule has 1 amide bonds. The number of amides is 1. The molecule has 0 aliphatic carbocycles. The highest BCUT2D eigenvalue weighted by Crippen LogP contribution is 2.35. The molecule has 6 nitrogen and oxygen atoms in total. The summed E-state index contributed by atoms with van der Waals surface area (Å²) >= 11 is 0. The molecule has 0 saturated carbocycles. The number of fused-ring (bicyclic) bond motifs is 1. The first-order valence-corrected chi connectivity index (χ1v) is 10.1. The maximum Gasteiger partial charge on any atom is 0.267 e. The van der Waals surface area contributed by atoms with Gasteiger partial charge in [0.1, 0.15) is 5.75 Å². The topological polar surface area (TPSA) is 75.7 Å². The van der Waals surface area contributed by atoms with Gasteiger partial charge in [0.15, 0.2) is 6.10 Å². The summed E-state index contributed by atoms with van der Waals surface area (Å²) in [6, 6.07) is 12.5. The van der Waals surface area contributed by atoms with E-state index in [1.54, 1.807) is 31.2 Å². The van der Waals surface area contributed by atoms with Gasteiger partial charge < -0.3 is 10.1 Å². The first-order valence-electron chi connectivity index (χ1n) is 8.46. The van der Waals surface area contributed by atoms with Crippen molar-refractivity contribution in [3.8, 4) is 5.75 Å². The van der Waals surface area contributed by atoms with Gasteiger partial charge >= 0.3 is 0 Å². The Kier molecular flexibility index (Phi) is 4.91. The van der Waals surface area contributed by atoms with Crippen LogP contribution < -0.4 is 14.4 Å². The molecule has 7 heteroatoms. The van der Waals surface area contributed by atoms with Crippen LogP contribution in [0, 0.1) is 13.8 Å². The van der Waals surface area contributed by atoms with Crippen LogP contribution in [0.5, 0.6) is 5.75 Å². The summed E-state index contributed by atoms with van der Waals surface area (Å²) in [5.41, 5.74) is 3.31. The number of sulfonamides is 1. The van der Waals surface area contributed by atoms with Crippen molar-refractivity contribution in [2.45, 2.75) is 26.9 Å². The van der Waals surface area contributed by atoms with Crippen LogP contribution in [0.1, 0.15) is 18.1 Å². The number of anilines is 2. The second kappa shape index (κ2) is 6.99. The van der Waals surface area contributed by atoms with Crippen molar-refractivity contribution >= 4 is 27.3 Å². The molecule has 2 aromatic rings. The lowest BCUT2D eigenvalue weighted by Crippen LogP contribution is -2.49. The Morgan fingerprint density at radius 2 is 1.92 bits per heavy atom. The minimum absolute atomic E-state index is 0.0488. The van der Waals surface area contributed by atoms with Crippen LogP contribution in [0.3, 0.4) is 0 Å². The van der Waals surface area contributed by atoms with Gasteiger partial charge in [-0.1, -0.05) is 18.2 Å². The van der Waals surface area contributed by atoms with Crippen molar-refractivity contribution in [1.82, 2.24) is 0 Å². The predicted molar refractivity (Wildman–Crippen MR) is 102 cm³/mol. The molecule has 1 heterocycles. The van der Waals surface area contributed by atoms with E-state index in [2.05, 4.69) is 5.32 Å². The number of aryl methyl sites for hydroxylation is 2. The summed E-state index contributed by atoms with van der Waals surface area (Å²) in [6.07, 6.45) is -0.923. The molecule has 0 unspecified atom stereocenters. The largest absolute Gasteiger partial charge is 0.476 e. The average Bonchev–Trinajstić information content (AvgIpc) is 2.63. The van der Waals surface area contributed by atoms with Crippen molar-refractivity contribution < 1.29 is 17.9 Å². The number of hydrogen-bond acceptors (Lipinski definition) is 4. The summed E-state index contributed by atoms with van der Waals surface area (Å²) in [4.78, 5) is 12.7. The Labute approximate surface area is 153 Å². The summed E-state index contributed by atoms with van der Waals surface area (Å²) in [5.74, 6) is -0.0395. The summed E-state index contributed by atoms with van der Waals surface area (Å²) < 4.78 is 32.0. The molecule has 26 heavy (non-hydrogen) atoms. The van der Waals surface area contributed by atoms with Gasteiger partial charge in [-0.25, -0.2) is 8.42 Å². The van der Waals surface area contributed by atoms with Crippen molar-refractivity contribution in [3.63, 3.8) is 0 Å². The normalized spacial score (nSPS) is 16.6. The fraction of sp³-hybridized carbons (Fsp3) is 0.316. The Balaban J connectivity index is 1.87. The molecule has 0 bridgehead atoms. The third-order valence-corrected chi connectivity index (χ3v) is 6.25. The quantitative estimate of drug-likeness (QED) is 0.893. The predicted octanol–water partition coefficient (Wildman–Crippen LogP) is 2.86. The van der Waals surface area contributed by atoms with Crippen LogP contribution in [0.15, 0.2) is 42.5 Å². The molecule has 1 atom stereocenters. The van der Waals surface area contributed by atoms with E-state index >= 15 is 0 Å². The van der Waals surface area contributed by atoms with E-state index in [0.29, 0.717) is 17.1 Å².